The van der Waals surface area contributed by atoms with E-state index in [-0.39, 0.29) is 5.54 Å². The lowest BCUT2D eigenvalue weighted by Gasteiger charge is -2.34. The van der Waals surface area contributed by atoms with Gasteiger partial charge in [-0.3, -0.25) is 0 Å². The average molecular weight is 180 g/mol. The molecule has 2 nitrogen and oxygen atoms in total. The van der Waals surface area contributed by atoms with Crippen molar-refractivity contribution in [2.45, 2.75) is 44.1 Å². The van der Waals surface area contributed by atoms with Crippen molar-refractivity contribution in [2.75, 3.05) is 19.6 Å². The Bertz CT molecular complexity index is 214. The summed E-state index contributed by atoms with van der Waals surface area (Å²) in [6.07, 6.45) is 8.40. The average Bonchev–Trinajstić information content (AvgIpc) is 2.96. The summed E-state index contributed by atoms with van der Waals surface area (Å²) in [5.41, 5.74) is 7.14. The maximum Gasteiger partial charge on any atom is 0.0284 e. The normalized spacial score (nSPS) is 34.8. The number of piperidine rings is 1. The van der Waals surface area contributed by atoms with Crippen molar-refractivity contribution in [3.63, 3.8) is 0 Å². The van der Waals surface area contributed by atoms with E-state index in [4.69, 9.17) is 5.73 Å². The van der Waals surface area contributed by atoms with Crippen molar-refractivity contribution < 1.29 is 0 Å². The fraction of sp³-hybridized carbons (Fsp3) is 1.00. The number of likely N-dealkylation sites (tertiary alicyclic amines) is 1. The lowest BCUT2D eigenvalue weighted by Crippen LogP contribution is -2.44. The highest BCUT2D eigenvalue weighted by atomic mass is 15.2. The summed E-state index contributed by atoms with van der Waals surface area (Å²) in [6, 6.07) is 0. The van der Waals surface area contributed by atoms with E-state index in [1.807, 2.05) is 0 Å². The van der Waals surface area contributed by atoms with Crippen LogP contribution in [0.5, 0.6) is 0 Å². The quantitative estimate of drug-likeness (QED) is 0.695. The van der Waals surface area contributed by atoms with Crippen LogP contribution in [0.25, 0.3) is 0 Å². The zero-order chi connectivity index (χ0) is 8.94. The highest BCUT2D eigenvalue weighted by Gasteiger charge is 2.47. The highest BCUT2D eigenvalue weighted by molar-refractivity contribution is 5.04. The van der Waals surface area contributed by atoms with Crippen LogP contribution in [0.1, 0.15) is 38.5 Å². The maximum absolute atomic E-state index is 6.14. The Balaban J connectivity index is 1.58. The first-order chi connectivity index (χ1) is 6.20. The predicted octanol–water partition coefficient (Wildman–Crippen LogP) is 1.35. The van der Waals surface area contributed by atoms with Gasteiger partial charge in [0.05, 0.1) is 0 Å². The van der Waals surface area contributed by atoms with Crippen molar-refractivity contribution in [3.8, 4) is 0 Å². The van der Waals surface area contributed by atoms with Gasteiger partial charge in [-0.25, -0.2) is 0 Å². The van der Waals surface area contributed by atoms with Crippen LogP contribution < -0.4 is 5.73 Å². The summed E-state index contributed by atoms with van der Waals surface area (Å²) in [7, 11) is 0. The molecule has 2 heteroatoms. The maximum atomic E-state index is 6.14. The smallest absolute Gasteiger partial charge is 0.0284 e. The van der Waals surface area contributed by atoms with Gasteiger partial charge in [-0.2, -0.15) is 0 Å². The van der Waals surface area contributed by atoms with E-state index in [2.05, 4.69) is 4.90 Å². The molecule has 0 unspecified atom stereocenters. The first kappa shape index (κ1) is 8.25. The van der Waals surface area contributed by atoms with Gasteiger partial charge in [-0.1, -0.05) is 0 Å². The number of nitrogens with two attached hydrogens (primary N) is 1. The molecule has 2 aliphatic carbocycles. The van der Waals surface area contributed by atoms with Crippen LogP contribution >= 0.6 is 0 Å². The molecule has 3 rings (SSSR count). The molecule has 0 amide bonds. The van der Waals surface area contributed by atoms with E-state index in [1.54, 1.807) is 0 Å². The van der Waals surface area contributed by atoms with E-state index in [9.17, 15) is 0 Å². The van der Waals surface area contributed by atoms with Crippen molar-refractivity contribution in [1.29, 1.82) is 0 Å². The molecule has 0 aromatic carbocycles. The highest BCUT2D eigenvalue weighted by Crippen LogP contribution is 2.52. The van der Waals surface area contributed by atoms with Crippen LogP contribution in [0.4, 0.5) is 0 Å². The summed E-state index contributed by atoms with van der Waals surface area (Å²) in [5, 5.41) is 0. The molecule has 1 heterocycles. The SMILES string of the molecule is NC1(CN2CCCC3(CC3)C2)CC1. The zero-order valence-electron chi connectivity index (χ0n) is 8.39. The van der Waals surface area contributed by atoms with E-state index in [1.165, 1.54) is 58.2 Å². The van der Waals surface area contributed by atoms with Crippen LogP contribution in [0.3, 0.4) is 0 Å². The summed E-state index contributed by atoms with van der Waals surface area (Å²) in [4.78, 5) is 2.63. The summed E-state index contributed by atoms with van der Waals surface area (Å²) >= 11 is 0. The molecular formula is C11H20N2. The fourth-order valence-corrected chi connectivity index (χ4v) is 2.79. The Morgan fingerprint density at radius 3 is 2.46 bits per heavy atom. The van der Waals surface area contributed by atoms with Gasteiger partial charge in [0.2, 0.25) is 0 Å². The van der Waals surface area contributed by atoms with Crippen LogP contribution in [0.2, 0.25) is 0 Å². The monoisotopic (exact) mass is 180 g/mol. The van der Waals surface area contributed by atoms with E-state index < -0.39 is 0 Å². The molecule has 0 radical (unpaired) electrons. The summed E-state index contributed by atoms with van der Waals surface area (Å²) in [5.74, 6) is 0. The van der Waals surface area contributed by atoms with E-state index >= 15 is 0 Å². The molecule has 1 saturated heterocycles. The second-order valence-electron chi connectivity index (χ2n) is 5.68. The lowest BCUT2D eigenvalue weighted by atomic mass is 9.94. The number of hydrogen-bond donors (Lipinski definition) is 1. The van der Waals surface area contributed by atoms with Crippen molar-refractivity contribution >= 4 is 0 Å². The topological polar surface area (TPSA) is 29.3 Å². The van der Waals surface area contributed by atoms with E-state index in [0.717, 1.165) is 5.41 Å². The van der Waals surface area contributed by atoms with Crippen molar-refractivity contribution in [1.82, 2.24) is 4.90 Å². The summed E-state index contributed by atoms with van der Waals surface area (Å²) < 4.78 is 0. The predicted molar refractivity (Wildman–Crippen MR) is 53.5 cm³/mol. The molecule has 1 spiro atoms. The van der Waals surface area contributed by atoms with E-state index in [0.29, 0.717) is 0 Å². The molecule has 2 saturated carbocycles. The molecule has 0 aromatic heterocycles. The minimum absolute atomic E-state index is 0.230. The molecule has 2 N–H and O–H groups in total. The van der Waals surface area contributed by atoms with Gasteiger partial charge in [-0.15, -0.1) is 0 Å². The third-order valence-corrected chi connectivity index (χ3v) is 4.13. The molecule has 0 atom stereocenters. The first-order valence-corrected chi connectivity index (χ1v) is 5.71. The van der Waals surface area contributed by atoms with Gasteiger partial charge in [0.15, 0.2) is 0 Å². The Kier molecular flexibility index (Phi) is 1.58. The number of rotatable bonds is 2. The molecule has 0 bridgehead atoms. The fourth-order valence-electron chi connectivity index (χ4n) is 2.79. The van der Waals surface area contributed by atoms with Crippen molar-refractivity contribution in [3.05, 3.63) is 0 Å². The molecule has 74 valence electrons. The minimum atomic E-state index is 0.230. The van der Waals surface area contributed by atoms with Crippen LogP contribution in [-0.2, 0) is 0 Å². The number of hydrogen-bond acceptors (Lipinski definition) is 2. The van der Waals surface area contributed by atoms with Gasteiger partial charge < -0.3 is 10.6 Å². The second-order valence-corrected chi connectivity index (χ2v) is 5.68. The molecule has 3 aliphatic rings. The Morgan fingerprint density at radius 1 is 1.08 bits per heavy atom. The molecular weight excluding hydrogens is 160 g/mol. The standard InChI is InChI=1S/C11H20N2/c12-11(5-6-11)9-13-7-1-2-10(8-13)3-4-10/h1-9,12H2. The Hall–Kier alpha value is -0.0800. The minimum Gasteiger partial charge on any atom is -0.324 e. The van der Waals surface area contributed by atoms with Crippen molar-refractivity contribution in [2.24, 2.45) is 11.1 Å². The van der Waals surface area contributed by atoms with Gasteiger partial charge in [0, 0.05) is 18.6 Å². The van der Waals surface area contributed by atoms with Gasteiger partial charge in [0.1, 0.15) is 0 Å². The van der Waals surface area contributed by atoms with Crippen LogP contribution in [0.15, 0.2) is 0 Å². The second kappa shape index (κ2) is 2.48. The van der Waals surface area contributed by atoms with Gasteiger partial charge in [-0.05, 0) is 50.5 Å². The Morgan fingerprint density at radius 2 is 1.85 bits per heavy atom. The molecule has 13 heavy (non-hydrogen) atoms. The third kappa shape index (κ3) is 1.62. The van der Waals surface area contributed by atoms with Gasteiger partial charge >= 0.3 is 0 Å². The number of nitrogens with zero attached hydrogens (tertiary/aromatic N) is 1. The third-order valence-electron chi connectivity index (χ3n) is 4.13. The lowest BCUT2D eigenvalue weighted by molar-refractivity contribution is 0.149. The Labute approximate surface area is 80.5 Å². The van der Waals surface area contributed by atoms with Crippen LogP contribution in [-0.4, -0.2) is 30.1 Å². The molecule has 0 aromatic rings. The first-order valence-electron chi connectivity index (χ1n) is 5.71. The summed E-state index contributed by atoms with van der Waals surface area (Å²) in [6.45, 7) is 3.83. The largest absolute Gasteiger partial charge is 0.324 e. The molecule has 1 aliphatic heterocycles. The zero-order valence-corrected chi connectivity index (χ0v) is 8.39. The van der Waals surface area contributed by atoms with Gasteiger partial charge in [0.25, 0.3) is 0 Å². The van der Waals surface area contributed by atoms with Crippen LogP contribution in [0, 0.1) is 5.41 Å². The molecule has 3 fully saturated rings.